The van der Waals surface area contributed by atoms with Gasteiger partial charge in [0.2, 0.25) is 15.9 Å². The van der Waals surface area contributed by atoms with Gasteiger partial charge in [0.15, 0.2) is 0 Å². The number of benzene rings is 2. The van der Waals surface area contributed by atoms with E-state index in [0.717, 1.165) is 4.31 Å². The number of likely N-dealkylation sites (N-methyl/N-ethyl adjacent to an activating group) is 1. The summed E-state index contributed by atoms with van der Waals surface area (Å²) in [6.45, 7) is 3.08. The zero-order valence-corrected chi connectivity index (χ0v) is 17.6. The van der Waals surface area contributed by atoms with Crippen LogP contribution in [0.15, 0.2) is 47.4 Å². The van der Waals surface area contributed by atoms with E-state index < -0.39 is 28.4 Å². The molecule has 0 radical (unpaired) electrons. The van der Waals surface area contributed by atoms with Crippen LogP contribution >= 0.6 is 0 Å². The third kappa shape index (κ3) is 5.12. The summed E-state index contributed by atoms with van der Waals surface area (Å²) in [6.07, 6.45) is 0. The van der Waals surface area contributed by atoms with Gasteiger partial charge in [0.1, 0.15) is 5.75 Å². The molecular formula is C20H24N2O6S. The van der Waals surface area contributed by atoms with Crippen molar-refractivity contribution >= 4 is 27.6 Å². The number of amides is 1. The van der Waals surface area contributed by atoms with Crippen molar-refractivity contribution in [2.24, 2.45) is 0 Å². The van der Waals surface area contributed by atoms with Crippen LogP contribution in [-0.4, -0.2) is 51.9 Å². The molecule has 2 aromatic carbocycles. The number of para-hydroxylation sites is 1. The van der Waals surface area contributed by atoms with E-state index in [9.17, 15) is 18.0 Å². The minimum atomic E-state index is -3.89. The molecule has 9 heteroatoms. The summed E-state index contributed by atoms with van der Waals surface area (Å²) in [4.78, 5) is 24.4. The molecule has 0 aliphatic carbocycles. The molecule has 0 aromatic heterocycles. The van der Waals surface area contributed by atoms with E-state index in [1.165, 1.54) is 32.4 Å². The minimum Gasteiger partial charge on any atom is -0.496 e. The average molecular weight is 420 g/mol. The van der Waals surface area contributed by atoms with Crippen molar-refractivity contribution in [1.29, 1.82) is 0 Å². The average Bonchev–Trinajstić information content (AvgIpc) is 2.71. The third-order valence-corrected chi connectivity index (χ3v) is 6.20. The van der Waals surface area contributed by atoms with Crippen molar-refractivity contribution < 1.29 is 27.5 Å². The highest BCUT2D eigenvalue weighted by atomic mass is 32.2. The zero-order chi connectivity index (χ0) is 21.6. The number of hydrogen-bond acceptors (Lipinski definition) is 6. The van der Waals surface area contributed by atoms with Gasteiger partial charge < -0.3 is 14.8 Å². The number of esters is 1. The van der Waals surface area contributed by atoms with E-state index in [-0.39, 0.29) is 22.7 Å². The second-order valence-electron chi connectivity index (χ2n) is 6.15. The van der Waals surface area contributed by atoms with Crippen molar-refractivity contribution in [1.82, 2.24) is 4.31 Å². The second kappa shape index (κ2) is 9.53. The molecule has 0 saturated heterocycles. The smallest absolute Gasteiger partial charge is 0.339 e. The topological polar surface area (TPSA) is 102 Å². The normalized spacial score (nSPS) is 11.2. The summed E-state index contributed by atoms with van der Waals surface area (Å²) < 4.78 is 36.8. The lowest BCUT2D eigenvalue weighted by Gasteiger charge is -2.21. The Morgan fingerprint density at radius 3 is 2.38 bits per heavy atom. The maximum atomic E-state index is 13.0. The van der Waals surface area contributed by atoms with Gasteiger partial charge in [-0.1, -0.05) is 19.1 Å². The number of sulfonamides is 1. The second-order valence-corrected chi connectivity index (χ2v) is 8.09. The SMILES string of the molecule is CCN(CC(=O)Nc1ccccc1C(=O)OC)S(=O)(=O)c1ccc(OC)c(C)c1. The maximum absolute atomic E-state index is 13.0. The molecule has 0 bridgehead atoms. The first-order valence-corrected chi connectivity index (χ1v) is 10.3. The molecule has 1 amide bonds. The van der Waals surface area contributed by atoms with Crippen LogP contribution in [0.2, 0.25) is 0 Å². The van der Waals surface area contributed by atoms with Crippen molar-refractivity contribution in [3.8, 4) is 5.75 Å². The maximum Gasteiger partial charge on any atom is 0.339 e. The first-order chi connectivity index (χ1) is 13.7. The van der Waals surface area contributed by atoms with Gasteiger partial charge >= 0.3 is 5.97 Å². The highest BCUT2D eigenvalue weighted by Gasteiger charge is 2.26. The standard InChI is InChI=1S/C20H24N2O6S/c1-5-22(29(25,26)15-10-11-18(27-3)14(2)12-15)13-19(23)21-17-9-7-6-8-16(17)20(24)28-4/h6-12H,5,13H2,1-4H3,(H,21,23). The summed E-state index contributed by atoms with van der Waals surface area (Å²) in [5.41, 5.74) is 1.10. The number of hydrogen-bond donors (Lipinski definition) is 1. The Hall–Kier alpha value is -2.91. The predicted octanol–water partition coefficient (Wildman–Crippen LogP) is 2.44. The zero-order valence-electron chi connectivity index (χ0n) is 16.8. The summed E-state index contributed by atoms with van der Waals surface area (Å²) in [6, 6.07) is 10.9. The molecule has 0 aliphatic rings. The number of anilines is 1. The van der Waals surface area contributed by atoms with Gasteiger partial charge in [-0.15, -0.1) is 0 Å². The Morgan fingerprint density at radius 1 is 1.10 bits per heavy atom. The molecule has 0 fully saturated rings. The molecule has 2 aromatic rings. The highest BCUT2D eigenvalue weighted by molar-refractivity contribution is 7.89. The van der Waals surface area contributed by atoms with E-state index in [1.54, 1.807) is 38.1 Å². The molecule has 1 N–H and O–H groups in total. The van der Waals surface area contributed by atoms with Gasteiger partial charge in [-0.05, 0) is 42.8 Å². The van der Waals surface area contributed by atoms with Gasteiger partial charge in [0.05, 0.1) is 36.9 Å². The monoisotopic (exact) mass is 420 g/mol. The fourth-order valence-corrected chi connectivity index (χ4v) is 4.25. The Kier molecular flexibility index (Phi) is 7.35. The first kappa shape index (κ1) is 22.4. The van der Waals surface area contributed by atoms with E-state index >= 15 is 0 Å². The van der Waals surface area contributed by atoms with E-state index in [0.29, 0.717) is 11.3 Å². The summed E-state index contributed by atoms with van der Waals surface area (Å²) in [5.74, 6) is -0.601. The van der Waals surface area contributed by atoms with Crippen LogP contribution < -0.4 is 10.1 Å². The van der Waals surface area contributed by atoms with Crippen LogP contribution in [0, 0.1) is 6.92 Å². The first-order valence-electron chi connectivity index (χ1n) is 8.86. The van der Waals surface area contributed by atoms with Gasteiger partial charge in [-0.3, -0.25) is 4.79 Å². The summed E-state index contributed by atoms with van der Waals surface area (Å²) >= 11 is 0. The Morgan fingerprint density at radius 2 is 1.79 bits per heavy atom. The van der Waals surface area contributed by atoms with Gasteiger partial charge in [0, 0.05) is 6.54 Å². The lowest BCUT2D eigenvalue weighted by molar-refractivity contribution is -0.116. The number of carbonyl (C=O) groups excluding carboxylic acids is 2. The molecule has 0 aliphatic heterocycles. The quantitative estimate of drug-likeness (QED) is 0.658. The lowest BCUT2D eigenvalue weighted by Crippen LogP contribution is -2.38. The van der Waals surface area contributed by atoms with Crippen LogP contribution in [-0.2, 0) is 19.6 Å². The van der Waals surface area contributed by atoms with E-state index in [4.69, 9.17) is 9.47 Å². The molecule has 8 nitrogen and oxygen atoms in total. The van der Waals surface area contributed by atoms with Crippen LogP contribution in [0.1, 0.15) is 22.8 Å². The van der Waals surface area contributed by atoms with Crippen molar-refractivity contribution in [2.75, 3.05) is 32.6 Å². The molecule has 2 rings (SSSR count). The number of nitrogens with one attached hydrogen (secondary N) is 1. The molecule has 0 unspecified atom stereocenters. The Labute approximate surface area is 170 Å². The van der Waals surface area contributed by atoms with Crippen LogP contribution in [0.3, 0.4) is 0 Å². The number of methoxy groups -OCH3 is 2. The number of rotatable bonds is 8. The molecule has 0 heterocycles. The fraction of sp³-hybridized carbons (Fsp3) is 0.300. The van der Waals surface area contributed by atoms with Gasteiger partial charge in [0.25, 0.3) is 0 Å². The molecule has 0 atom stereocenters. The van der Waals surface area contributed by atoms with Crippen LogP contribution in [0.25, 0.3) is 0 Å². The highest BCUT2D eigenvalue weighted by Crippen LogP contribution is 2.24. The van der Waals surface area contributed by atoms with Crippen molar-refractivity contribution in [3.05, 3.63) is 53.6 Å². The number of nitrogens with zero attached hydrogens (tertiary/aromatic N) is 1. The Balaban J connectivity index is 2.22. The number of aryl methyl sites for hydroxylation is 1. The summed E-state index contributed by atoms with van der Waals surface area (Å²) in [7, 11) is -1.15. The molecular weight excluding hydrogens is 396 g/mol. The lowest BCUT2D eigenvalue weighted by atomic mass is 10.2. The fourth-order valence-electron chi connectivity index (χ4n) is 2.76. The number of ether oxygens (including phenoxy) is 2. The largest absolute Gasteiger partial charge is 0.496 e. The third-order valence-electron chi connectivity index (χ3n) is 4.28. The predicted molar refractivity (Wildman–Crippen MR) is 109 cm³/mol. The van der Waals surface area contributed by atoms with Crippen LogP contribution in [0.5, 0.6) is 5.75 Å². The van der Waals surface area contributed by atoms with Crippen molar-refractivity contribution in [2.45, 2.75) is 18.7 Å². The van der Waals surface area contributed by atoms with E-state index in [1.807, 2.05) is 0 Å². The van der Waals surface area contributed by atoms with Crippen LogP contribution in [0.4, 0.5) is 5.69 Å². The van der Waals surface area contributed by atoms with Gasteiger partial charge in [-0.2, -0.15) is 4.31 Å². The minimum absolute atomic E-state index is 0.0698. The van der Waals surface area contributed by atoms with Crippen molar-refractivity contribution in [3.63, 3.8) is 0 Å². The van der Waals surface area contributed by atoms with Gasteiger partial charge in [-0.25, -0.2) is 13.2 Å². The molecule has 0 spiro atoms. The Bertz CT molecular complexity index is 1000. The number of carbonyl (C=O) groups is 2. The summed E-state index contributed by atoms with van der Waals surface area (Å²) in [5, 5.41) is 2.58. The molecule has 156 valence electrons. The molecule has 29 heavy (non-hydrogen) atoms. The molecule has 0 saturated carbocycles. The van der Waals surface area contributed by atoms with E-state index in [2.05, 4.69) is 5.32 Å².